The minimum atomic E-state index is -0.302. The van der Waals surface area contributed by atoms with E-state index in [0.29, 0.717) is 36.4 Å². The van der Waals surface area contributed by atoms with Crippen molar-refractivity contribution >= 4 is 33.8 Å². The molecule has 0 spiro atoms. The van der Waals surface area contributed by atoms with Crippen molar-refractivity contribution in [2.24, 2.45) is 5.92 Å². The van der Waals surface area contributed by atoms with Gasteiger partial charge in [-0.1, -0.05) is 37.8 Å². The van der Waals surface area contributed by atoms with E-state index >= 15 is 0 Å². The summed E-state index contributed by atoms with van der Waals surface area (Å²) >= 11 is 1.44. The molecule has 200 valence electrons. The monoisotopic (exact) mass is 533 g/mol. The van der Waals surface area contributed by atoms with Gasteiger partial charge in [0, 0.05) is 36.7 Å². The first kappa shape index (κ1) is 26.2. The van der Waals surface area contributed by atoms with E-state index in [0.717, 1.165) is 52.8 Å². The summed E-state index contributed by atoms with van der Waals surface area (Å²) in [7, 11) is 0. The van der Waals surface area contributed by atoms with Gasteiger partial charge in [0.25, 0.3) is 5.91 Å². The number of fused-ring (bicyclic) bond motifs is 2. The number of anilines is 2. The Bertz CT molecular complexity index is 1390. The number of nitrogens with zero attached hydrogens (tertiary/aromatic N) is 4. The predicted octanol–water partition coefficient (Wildman–Crippen LogP) is 5.55. The van der Waals surface area contributed by atoms with Gasteiger partial charge >= 0.3 is 0 Å². The number of carbonyl (C=O) groups is 2. The molecular weight excluding hydrogens is 498 g/mol. The molecule has 4 heterocycles. The molecule has 0 bridgehead atoms. The second-order valence-corrected chi connectivity index (χ2v) is 12.0. The summed E-state index contributed by atoms with van der Waals surface area (Å²) in [5, 5.41) is 8.43. The standard InChI is InChI=1S/C29H35N5O3S/c1-18(2)19(3)24(35)8-6-7-11-33-17-21(16-30-33)20-9-10-25-23(14-20)34(12-13-37-25)28-31-22-15-29(4,5)32-27(36)26(22)38-28/h9-10,14,16-18H,3,6-8,11-13,15H2,1-2,4-5H3,(H,32,36). The van der Waals surface area contributed by atoms with E-state index in [1.807, 2.05) is 56.9 Å². The second-order valence-electron chi connectivity index (χ2n) is 11.0. The molecule has 8 nitrogen and oxygen atoms in total. The van der Waals surface area contributed by atoms with Crippen LogP contribution in [0.4, 0.5) is 10.8 Å². The summed E-state index contributed by atoms with van der Waals surface area (Å²) in [5.41, 5.74) is 4.26. The summed E-state index contributed by atoms with van der Waals surface area (Å²) in [5.74, 6) is 1.11. The number of amides is 1. The lowest BCUT2D eigenvalue weighted by Gasteiger charge is -2.29. The van der Waals surface area contributed by atoms with Gasteiger partial charge in [-0.05, 0) is 55.9 Å². The third-order valence-corrected chi connectivity index (χ3v) is 8.19. The zero-order chi connectivity index (χ0) is 27.0. The molecule has 9 heteroatoms. The maximum absolute atomic E-state index is 12.7. The fourth-order valence-corrected chi connectivity index (χ4v) is 5.87. The zero-order valence-corrected chi connectivity index (χ0v) is 23.4. The maximum atomic E-state index is 12.7. The van der Waals surface area contributed by atoms with Crippen LogP contribution in [0.15, 0.2) is 42.7 Å². The van der Waals surface area contributed by atoms with Gasteiger partial charge in [-0.3, -0.25) is 14.3 Å². The van der Waals surface area contributed by atoms with Crippen molar-refractivity contribution < 1.29 is 14.3 Å². The number of aryl methyl sites for hydroxylation is 1. The number of ether oxygens (including phenoxy) is 1. The minimum absolute atomic E-state index is 0.0520. The highest BCUT2D eigenvalue weighted by Gasteiger charge is 2.34. The number of rotatable bonds is 9. The molecule has 0 aliphatic carbocycles. The topological polar surface area (TPSA) is 89.4 Å². The van der Waals surface area contributed by atoms with E-state index in [-0.39, 0.29) is 23.1 Å². The van der Waals surface area contributed by atoms with Crippen LogP contribution in [0.25, 0.3) is 11.1 Å². The van der Waals surface area contributed by atoms with Crippen LogP contribution in [0.2, 0.25) is 0 Å². The molecule has 5 rings (SSSR count). The van der Waals surface area contributed by atoms with Crippen LogP contribution in [-0.4, -0.2) is 45.1 Å². The predicted molar refractivity (Wildman–Crippen MR) is 150 cm³/mol. The van der Waals surface area contributed by atoms with Crippen molar-refractivity contribution in [2.75, 3.05) is 18.1 Å². The number of thiazole rings is 1. The van der Waals surface area contributed by atoms with E-state index in [1.165, 1.54) is 11.3 Å². The van der Waals surface area contributed by atoms with Gasteiger partial charge in [0.1, 0.15) is 17.2 Å². The van der Waals surface area contributed by atoms with Gasteiger partial charge in [-0.25, -0.2) is 4.98 Å². The van der Waals surface area contributed by atoms with E-state index in [1.54, 1.807) is 0 Å². The number of benzene rings is 1. The van der Waals surface area contributed by atoms with Crippen LogP contribution in [0, 0.1) is 5.92 Å². The third-order valence-electron chi connectivity index (χ3n) is 7.07. The van der Waals surface area contributed by atoms with Gasteiger partial charge in [0.2, 0.25) is 0 Å². The molecule has 1 aromatic carbocycles. The fraction of sp³-hybridized carbons (Fsp3) is 0.448. The summed E-state index contributed by atoms with van der Waals surface area (Å²) in [6.07, 6.45) is 6.85. The molecule has 0 saturated heterocycles. The number of ketones is 1. The third kappa shape index (κ3) is 5.38. The lowest BCUT2D eigenvalue weighted by atomic mass is 9.94. The Balaban J connectivity index is 1.29. The quantitative estimate of drug-likeness (QED) is 0.286. The van der Waals surface area contributed by atoms with Crippen LogP contribution in [0.1, 0.15) is 62.3 Å². The van der Waals surface area contributed by atoms with Gasteiger partial charge in [-0.15, -0.1) is 0 Å². The molecule has 0 fully saturated rings. The number of Topliss-reactive ketones (excluding diaryl/α,β-unsaturated/α-hetero) is 1. The summed E-state index contributed by atoms with van der Waals surface area (Å²) in [4.78, 5) is 32.6. The molecule has 1 N–H and O–H groups in total. The average molecular weight is 534 g/mol. The maximum Gasteiger partial charge on any atom is 0.263 e. The van der Waals surface area contributed by atoms with Crippen LogP contribution in [0.3, 0.4) is 0 Å². The van der Waals surface area contributed by atoms with Crippen LogP contribution in [0.5, 0.6) is 5.75 Å². The molecule has 0 radical (unpaired) electrons. The number of unbranched alkanes of at least 4 members (excludes halogenated alkanes) is 1. The summed E-state index contributed by atoms with van der Waals surface area (Å²) in [6, 6.07) is 6.14. The highest BCUT2D eigenvalue weighted by molar-refractivity contribution is 7.17. The minimum Gasteiger partial charge on any atom is -0.490 e. The molecular formula is C29H35N5O3S. The zero-order valence-electron chi connectivity index (χ0n) is 22.5. The largest absolute Gasteiger partial charge is 0.490 e. The molecule has 2 aliphatic rings. The first-order chi connectivity index (χ1) is 18.1. The lowest BCUT2D eigenvalue weighted by Crippen LogP contribution is -2.48. The van der Waals surface area contributed by atoms with Gasteiger partial charge in [0.15, 0.2) is 10.9 Å². The van der Waals surface area contributed by atoms with Crippen molar-refractivity contribution in [1.29, 1.82) is 0 Å². The first-order valence-electron chi connectivity index (χ1n) is 13.2. The number of hydrogen-bond donors (Lipinski definition) is 1. The normalized spacial score (nSPS) is 16.0. The number of allylic oxidation sites excluding steroid dienone is 1. The Hall–Kier alpha value is -3.46. The van der Waals surface area contributed by atoms with Crippen molar-refractivity contribution in [3.05, 3.63) is 53.3 Å². The molecule has 1 amide bonds. The second kappa shape index (κ2) is 10.4. The van der Waals surface area contributed by atoms with Gasteiger partial charge < -0.3 is 15.0 Å². The van der Waals surface area contributed by atoms with Crippen molar-refractivity contribution in [3.8, 4) is 16.9 Å². The van der Waals surface area contributed by atoms with Crippen LogP contribution in [-0.2, 0) is 17.8 Å². The first-order valence-corrected chi connectivity index (χ1v) is 14.0. The van der Waals surface area contributed by atoms with E-state index in [2.05, 4.69) is 28.0 Å². The Labute approximate surface area is 227 Å². The Morgan fingerprint density at radius 1 is 1.26 bits per heavy atom. The summed E-state index contributed by atoms with van der Waals surface area (Å²) in [6.45, 7) is 13.9. The number of aromatic nitrogens is 3. The Morgan fingerprint density at radius 3 is 2.87 bits per heavy atom. The Morgan fingerprint density at radius 2 is 2.08 bits per heavy atom. The number of hydrogen-bond acceptors (Lipinski definition) is 7. The average Bonchev–Trinajstić information content (AvgIpc) is 3.52. The SMILES string of the molecule is C=C(C(=O)CCCCn1cc(-c2ccc3c(c2)N(c2nc4c(s2)C(=O)NC(C)(C)C4)CCO3)cn1)C(C)C. The molecule has 0 unspecified atom stereocenters. The van der Waals surface area contributed by atoms with E-state index in [4.69, 9.17) is 9.72 Å². The Kier molecular flexibility index (Phi) is 7.13. The highest BCUT2D eigenvalue weighted by Crippen LogP contribution is 2.42. The number of carbonyl (C=O) groups excluding carboxylic acids is 2. The smallest absolute Gasteiger partial charge is 0.263 e. The van der Waals surface area contributed by atoms with E-state index < -0.39 is 0 Å². The van der Waals surface area contributed by atoms with E-state index in [9.17, 15) is 9.59 Å². The van der Waals surface area contributed by atoms with Crippen LogP contribution >= 0.6 is 11.3 Å². The van der Waals surface area contributed by atoms with Gasteiger partial charge in [0.05, 0.1) is 24.1 Å². The molecule has 38 heavy (non-hydrogen) atoms. The van der Waals surface area contributed by atoms with Crippen LogP contribution < -0.4 is 15.0 Å². The number of nitrogens with one attached hydrogen (secondary N) is 1. The fourth-order valence-electron chi connectivity index (χ4n) is 4.85. The molecule has 2 aliphatic heterocycles. The van der Waals surface area contributed by atoms with Gasteiger partial charge in [-0.2, -0.15) is 5.10 Å². The van der Waals surface area contributed by atoms with Crippen molar-refractivity contribution in [3.63, 3.8) is 0 Å². The lowest BCUT2D eigenvalue weighted by molar-refractivity contribution is -0.116. The molecule has 2 aromatic heterocycles. The molecule has 0 saturated carbocycles. The molecule has 0 atom stereocenters. The summed E-state index contributed by atoms with van der Waals surface area (Å²) < 4.78 is 7.88. The van der Waals surface area contributed by atoms with Crippen molar-refractivity contribution in [1.82, 2.24) is 20.1 Å². The van der Waals surface area contributed by atoms with Crippen molar-refractivity contribution in [2.45, 2.75) is 65.5 Å². The molecule has 3 aromatic rings. The highest BCUT2D eigenvalue weighted by atomic mass is 32.1.